The highest BCUT2D eigenvalue weighted by Crippen LogP contribution is 2.34. The smallest absolute Gasteiger partial charge is 0.416 e. The summed E-state index contributed by atoms with van der Waals surface area (Å²) in [5.41, 5.74) is 0.851. The number of methoxy groups -OCH3 is 1. The van der Waals surface area contributed by atoms with Crippen LogP contribution in [0.25, 0.3) is 28.9 Å². The number of para-hydroxylation sites is 1. The molecule has 0 radical (unpaired) electrons. The van der Waals surface area contributed by atoms with Crippen LogP contribution in [-0.2, 0) is 6.18 Å². The van der Waals surface area contributed by atoms with Gasteiger partial charge in [0.15, 0.2) is 11.5 Å². The number of rotatable bonds is 10. The second-order valence-corrected chi connectivity index (χ2v) is 8.80. The van der Waals surface area contributed by atoms with Crippen LogP contribution in [0, 0.1) is 0 Å². The molecule has 0 amide bonds. The molecule has 0 saturated heterocycles. The number of hydrogen-bond donors (Lipinski definition) is 0. The zero-order chi connectivity index (χ0) is 27.1. The molecule has 4 rings (SSSR count). The van der Waals surface area contributed by atoms with Crippen molar-refractivity contribution in [3.63, 3.8) is 0 Å². The minimum Gasteiger partial charge on any atom is -0.493 e. The van der Waals surface area contributed by atoms with Crippen molar-refractivity contribution < 1.29 is 22.6 Å². The fourth-order valence-electron chi connectivity index (χ4n) is 4.18. The van der Waals surface area contributed by atoms with Crippen molar-refractivity contribution >= 4 is 17.8 Å². The zero-order valence-electron chi connectivity index (χ0n) is 21.3. The van der Waals surface area contributed by atoms with Crippen molar-refractivity contribution in [2.75, 3.05) is 13.7 Å². The highest BCUT2D eigenvalue weighted by atomic mass is 19.4. The molecule has 198 valence electrons. The minimum absolute atomic E-state index is 0.198. The van der Waals surface area contributed by atoms with Gasteiger partial charge in [-0.3, -0.25) is 9.20 Å². The van der Waals surface area contributed by atoms with E-state index in [4.69, 9.17) is 9.47 Å². The van der Waals surface area contributed by atoms with Crippen molar-refractivity contribution in [3.05, 3.63) is 94.0 Å². The van der Waals surface area contributed by atoms with Crippen molar-refractivity contribution in [3.8, 4) is 22.6 Å². The maximum absolute atomic E-state index is 13.5. The van der Waals surface area contributed by atoms with Gasteiger partial charge < -0.3 is 9.47 Å². The number of fused-ring (bicyclic) bond motifs is 1. The highest BCUT2D eigenvalue weighted by Gasteiger charge is 2.30. The Morgan fingerprint density at radius 2 is 1.74 bits per heavy atom. The fraction of sp³-hybridized carbons (Fsp3) is 0.267. The summed E-state index contributed by atoms with van der Waals surface area (Å²) < 4.78 is 52.4. The van der Waals surface area contributed by atoms with Gasteiger partial charge in [-0.25, -0.2) is 4.98 Å². The fourth-order valence-corrected chi connectivity index (χ4v) is 4.18. The number of aromatic nitrogens is 2. The molecule has 2 heterocycles. The molecule has 0 spiro atoms. The van der Waals surface area contributed by atoms with Crippen LogP contribution in [0.1, 0.15) is 49.4 Å². The Morgan fingerprint density at radius 3 is 2.45 bits per heavy atom. The van der Waals surface area contributed by atoms with Crippen LogP contribution < -0.4 is 15.0 Å². The average molecular weight is 523 g/mol. The molecule has 0 aliphatic rings. The SMILES string of the molecule is CCCCCCOc1c(C=Cc2nc3ccccn3c(=O)c2-c2ccc(C(F)(F)F)cc2)cccc1OC. The van der Waals surface area contributed by atoms with Crippen LogP contribution in [0.4, 0.5) is 13.2 Å². The van der Waals surface area contributed by atoms with E-state index in [1.165, 1.54) is 16.5 Å². The van der Waals surface area contributed by atoms with Crippen LogP contribution in [-0.4, -0.2) is 23.1 Å². The Bertz CT molecular complexity index is 1480. The molecule has 0 atom stereocenters. The summed E-state index contributed by atoms with van der Waals surface area (Å²) in [6.45, 7) is 2.68. The highest BCUT2D eigenvalue weighted by molar-refractivity contribution is 5.81. The number of benzene rings is 2. The van der Waals surface area contributed by atoms with E-state index in [9.17, 15) is 18.0 Å². The first kappa shape index (κ1) is 27.0. The van der Waals surface area contributed by atoms with E-state index < -0.39 is 11.7 Å². The van der Waals surface area contributed by atoms with Crippen LogP contribution >= 0.6 is 0 Å². The largest absolute Gasteiger partial charge is 0.493 e. The monoisotopic (exact) mass is 522 g/mol. The van der Waals surface area contributed by atoms with E-state index in [0.717, 1.165) is 43.4 Å². The predicted molar refractivity (Wildman–Crippen MR) is 143 cm³/mol. The molecule has 38 heavy (non-hydrogen) atoms. The molecule has 0 saturated carbocycles. The van der Waals surface area contributed by atoms with Gasteiger partial charge in [0.1, 0.15) is 5.65 Å². The second-order valence-electron chi connectivity index (χ2n) is 8.80. The Morgan fingerprint density at radius 1 is 0.947 bits per heavy atom. The standard InChI is InChI=1S/C30H29F3N2O3/c1-3-4-5-8-20-38-28-22(10-9-11-25(28)37-2)15-18-24-27(21-13-16-23(17-14-21)30(31,32)33)29(36)35-19-7-6-12-26(35)34-24/h6-7,9-19H,3-5,8,20H2,1-2H3. The number of unbranched alkanes of at least 4 members (excludes halogenated alkanes) is 3. The Labute approximate surface area is 219 Å². The Hall–Kier alpha value is -4.07. The van der Waals surface area contributed by atoms with E-state index in [0.29, 0.717) is 35.0 Å². The van der Waals surface area contributed by atoms with Crippen molar-refractivity contribution in [2.45, 2.75) is 38.8 Å². The lowest BCUT2D eigenvalue weighted by Gasteiger charge is -2.14. The number of alkyl halides is 3. The topological polar surface area (TPSA) is 52.8 Å². The maximum Gasteiger partial charge on any atom is 0.416 e. The van der Waals surface area contributed by atoms with Gasteiger partial charge >= 0.3 is 6.18 Å². The van der Waals surface area contributed by atoms with Gasteiger partial charge in [-0.05, 0) is 54.5 Å². The second kappa shape index (κ2) is 12.0. The summed E-state index contributed by atoms with van der Waals surface area (Å²) in [5.74, 6) is 1.16. The van der Waals surface area contributed by atoms with Crippen molar-refractivity contribution in [1.29, 1.82) is 0 Å². The summed E-state index contributed by atoms with van der Waals surface area (Å²) in [7, 11) is 1.57. The third-order valence-electron chi connectivity index (χ3n) is 6.16. The predicted octanol–water partition coefficient (Wildman–Crippen LogP) is 7.52. The molecule has 0 bridgehead atoms. The van der Waals surface area contributed by atoms with E-state index in [-0.39, 0.29) is 11.1 Å². The molecule has 2 aromatic carbocycles. The molecule has 0 aliphatic carbocycles. The molecule has 8 heteroatoms. The van der Waals surface area contributed by atoms with Crippen LogP contribution in [0.2, 0.25) is 0 Å². The number of hydrogen-bond acceptors (Lipinski definition) is 4. The lowest BCUT2D eigenvalue weighted by Crippen LogP contribution is -2.18. The average Bonchev–Trinajstić information content (AvgIpc) is 2.91. The molecule has 2 aromatic heterocycles. The maximum atomic E-state index is 13.5. The van der Waals surface area contributed by atoms with Crippen LogP contribution in [0.15, 0.2) is 71.7 Å². The first-order valence-electron chi connectivity index (χ1n) is 12.5. The van der Waals surface area contributed by atoms with Gasteiger partial charge in [-0.2, -0.15) is 13.2 Å². The van der Waals surface area contributed by atoms with Gasteiger partial charge in [0.05, 0.1) is 30.5 Å². The number of halogens is 3. The molecule has 0 N–H and O–H groups in total. The number of ether oxygens (including phenoxy) is 2. The quantitative estimate of drug-likeness (QED) is 0.202. The number of pyridine rings is 1. The lowest BCUT2D eigenvalue weighted by molar-refractivity contribution is -0.137. The van der Waals surface area contributed by atoms with Crippen molar-refractivity contribution in [2.24, 2.45) is 0 Å². The molecule has 5 nitrogen and oxygen atoms in total. The van der Waals surface area contributed by atoms with Crippen molar-refractivity contribution in [1.82, 2.24) is 9.38 Å². The molecule has 0 unspecified atom stereocenters. The lowest BCUT2D eigenvalue weighted by atomic mass is 10.0. The summed E-state index contributed by atoms with van der Waals surface area (Å²) in [5, 5.41) is 0. The summed E-state index contributed by atoms with van der Waals surface area (Å²) in [6.07, 6.45) is 4.81. The summed E-state index contributed by atoms with van der Waals surface area (Å²) in [6, 6.07) is 15.2. The summed E-state index contributed by atoms with van der Waals surface area (Å²) >= 11 is 0. The first-order valence-corrected chi connectivity index (χ1v) is 12.5. The van der Waals surface area contributed by atoms with Gasteiger partial charge in [0.25, 0.3) is 5.56 Å². The number of nitrogens with zero attached hydrogens (tertiary/aromatic N) is 2. The third-order valence-corrected chi connectivity index (χ3v) is 6.16. The van der Waals surface area contributed by atoms with Gasteiger partial charge in [0.2, 0.25) is 0 Å². The van der Waals surface area contributed by atoms with Gasteiger partial charge in [-0.15, -0.1) is 0 Å². The van der Waals surface area contributed by atoms with E-state index >= 15 is 0 Å². The normalized spacial score (nSPS) is 11.8. The third kappa shape index (κ3) is 6.07. The van der Waals surface area contributed by atoms with E-state index in [2.05, 4.69) is 11.9 Å². The zero-order valence-corrected chi connectivity index (χ0v) is 21.3. The van der Waals surface area contributed by atoms with E-state index in [1.807, 2.05) is 18.2 Å². The molecule has 4 aromatic rings. The molecule has 0 fully saturated rings. The molecular formula is C30H29F3N2O3. The molecular weight excluding hydrogens is 493 g/mol. The Kier molecular flexibility index (Phi) is 8.51. The van der Waals surface area contributed by atoms with Crippen LogP contribution in [0.3, 0.4) is 0 Å². The Balaban J connectivity index is 1.77. The van der Waals surface area contributed by atoms with Gasteiger partial charge in [0, 0.05) is 11.8 Å². The summed E-state index contributed by atoms with van der Waals surface area (Å²) in [4.78, 5) is 18.1. The van der Waals surface area contributed by atoms with Crippen LogP contribution in [0.5, 0.6) is 11.5 Å². The minimum atomic E-state index is -4.47. The van der Waals surface area contributed by atoms with E-state index in [1.54, 1.807) is 43.7 Å². The molecule has 0 aliphatic heterocycles. The van der Waals surface area contributed by atoms with Gasteiger partial charge in [-0.1, -0.05) is 56.5 Å². The first-order chi connectivity index (χ1) is 18.3.